The maximum absolute atomic E-state index is 14.5. The summed E-state index contributed by atoms with van der Waals surface area (Å²) in [6, 6.07) is 21.5. The van der Waals surface area contributed by atoms with Gasteiger partial charge in [-0.15, -0.1) is 0 Å². The number of nitrogens with zero attached hydrogens (tertiary/aromatic N) is 3. The number of carbonyl (C=O) groups excluding carboxylic acids is 2. The summed E-state index contributed by atoms with van der Waals surface area (Å²) in [6.45, 7) is 8.96. The molecule has 5 rings (SSSR count). The van der Waals surface area contributed by atoms with E-state index in [0.717, 1.165) is 23.1 Å². The smallest absolute Gasteiger partial charge is 0.317 e. The fraction of sp³-hybridized carbons (Fsp3) is 0.457. The molecule has 4 atom stereocenters. The molecule has 43 heavy (non-hydrogen) atoms. The summed E-state index contributed by atoms with van der Waals surface area (Å²) in [5.74, 6) is -0.320. The first kappa shape index (κ1) is 30.7. The Morgan fingerprint density at radius 3 is 2.49 bits per heavy atom. The molecule has 2 heterocycles. The standard InChI is InChI=1S/C35H44N4O4/c1-24(2)22-38(34(42)37-21-26-13-10-16-36-20-26)23-29(40)18-28(17-25-11-6-5-7-12-25)33(41)39-32-30-15-9-8-14-27(30)19-31(32)43-35(39,3)4/h5-16,20,24,28-29,31-32,40H,17-19,21-23H2,1-4H3,(H,37,42)/t28?,29-,31+,32-/m0/s1. The highest BCUT2D eigenvalue weighted by Gasteiger charge is 2.54. The van der Waals surface area contributed by atoms with Gasteiger partial charge in [-0.3, -0.25) is 9.78 Å². The molecule has 0 saturated carbocycles. The van der Waals surface area contributed by atoms with Crippen LogP contribution in [0.2, 0.25) is 0 Å². The summed E-state index contributed by atoms with van der Waals surface area (Å²) in [6.07, 6.45) is 3.92. The van der Waals surface area contributed by atoms with Crippen molar-refractivity contribution in [3.05, 3.63) is 101 Å². The molecule has 3 aromatic rings. The first-order valence-corrected chi connectivity index (χ1v) is 15.3. The number of rotatable bonds is 11. The summed E-state index contributed by atoms with van der Waals surface area (Å²) < 4.78 is 6.47. The minimum atomic E-state index is -0.890. The quantitative estimate of drug-likeness (QED) is 0.326. The molecule has 1 unspecified atom stereocenters. The highest BCUT2D eigenvalue weighted by molar-refractivity contribution is 5.81. The first-order valence-electron chi connectivity index (χ1n) is 15.3. The lowest BCUT2D eigenvalue weighted by Gasteiger charge is -2.37. The Labute approximate surface area is 255 Å². The third-order valence-electron chi connectivity index (χ3n) is 8.38. The van der Waals surface area contributed by atoms with E-state index in [0.29, 0.717) is 19.5 Å². The van der Waals surface area contributed by atoms with Crippen LogP contribution in [0.1, 0.15) is 62.4 Å². The molecule has 0 spiro atoms. The molecule has 8 heteroatoms. The number of aliphatic hydroxyl groups is 1. The van der Waals surface area contributed by atoms with Crippen molar-refractivity contribution in [2.75, 3.05) is 13.1 Å². The van der Waals surface area contributed by atoms with E-state index in [9.17, 15) is 14.7 Å². The maximum Gasteiger partial charge on any atom is 0.317 e. The van der Waals surface area contributed by atoms with Crippen LogP contribution < -0.4 is 5.32 Å². The second-order valence-electron chi connectivity index (χ2n) is 12.8. The molecule has 2 aromatic carbocycles. The number of amides is 3. The number of ether oxygens (including phenoxy) is 1. The van der Waals surface area contributed by atoms with Crippen LogP contribution in [-0.2, 0) is 28.9 Å². The van der Waals surface area contributed by atoms with Gasteiger partial charge >= 0.3 is 6.03 Å². The molecule has 1 aliphatic carbocycles. The monoisotopic (exact) mass is 584 g/mol. The summed E-state index contributed by atoms with van der Waals surface area (Å²) in [5.41, 5.74) is 3.50. The van der Waals surface area contributed by atoms with Crippen LogP contribution in [0.5, 0.6) is 0 Å². The molecule has 1 fully saturated rings. The van der Waals surface area contributed by atoms with E-state index in [4.69, 9.17) is 4.74 Å². The average Bonchev–Trinajstić information content (AvgIpc) is 3.45. The van der Waals surface area contributed by atoms with Crippen LogP contribution in [-0.4, -0.2) is 62.9 Å². The summed E-state index contributed by atoms with van der Waals surface area (Å²) >= 11 is 0. The third-order valence-corrected chi connectivity index (χ3v) is 8.38. The molecule has 8 nitrogen and oxygen atoms in total. The maximum atomic E-state index is 14.5. The number of urea groups is 1. The fourth-order valence-corrected chi connectivity index (χ4v) is 6.61. The number of fused-ring (bicyclic) bond motifs is 3. The van der Waals surface area contributed by atoms with Crippen molar-refractivity contribution < 1.29 is 19.4 Å². The lowest BCUT2D eigenvalue weighted by Crippen LogP contribution is -2.49. The number of aliphatic hydroxyl groups excluding tert-OH is 1. The molecule has 1 saturated heterocycles. The Bertz CT molecular complexity index is 1380. The zero-order chi connectivity index (χ0) is 30.6. The van der Waals surface area contributed by atoms with Crippen molar-refractivity contribution >= 4 is 11.9 Å². The number of nitrogens with one attached hydrogen (secondary N) is 1. The SMILES string of the molecule is CC(C)CN(C[C@@H](O)CC(Cc1ccccc1)C(=O)N1[C@H]2c3ccccc3C[C@H]2OC1(C)C)C(=O)NCc1cccnc1. The zero-order valence-electron chi connectivity index (χ0n) is 25.6. The van der Waals surface area contributed by atoms with Crippen LogP contribution in [0.3, 0.4) is 0 Å². The summed E-state index contributed by atoms with van der Waals surface area (Å²) in [7, 11) is 0. The van der Waals surface area contributed by atoms with E-state index in [2.05, 4.69) is 22.4 Å². The summed E-state index contributed by atoms with van der Waals surface area (Å²) in [4.78, 5) is 35.5. The number of hydrogen-bond donors (Lipinski definition) is 2. The number of carbonyl (C=O) groups is 2. The van der Waals surface area contributed by atoms with Crippen LogP contribution in [0.15, 0.2) is 79.1 Å². The molecule has 1 aromatic heterocycles. The van der Waals surface area contributed by atoms with Gasteiger partial charge in [0.1, 0.15) is 5.72 Å². The lowest BCUT2D eigenvalue weighted by molar-refractivity contribution is -0.153. The number of benzene rings is 2. The molecule has 2 N–H and O–H groups in total. The van der Waals surface area contributed by atoms with Gasteiger partial charge in [0.2, 0.25) is 5.91 Å². The van der Waals surface area contributed by atoms with Crippen molar-refractivity contribution in [3.63, 3.8) is 0 Å². The molecule has 2 aliphatic rings. The minimum absolute atomic E-state index is 0.0338. The Morgan fingerprint density at radius 2 is 1.77 bits per heavy atom. The number of hydrogen-bond acceptors (Lipinski definition) is 5. The second kappa shape index (κ2) is 13.3. The van der Waals surface area contributed by atoms with E-state index >= 15 is 0 Å². The first-order chi connectivity index (χ1) is 20.6. The highest BCUT2D eigenvalue weighted by Crippen LogP contribution is 2.49. The van der Waals surface area contributed by atoms with Gasteiger partial charge < -0.3 is 25.0 Å². The van der Waals surface area contributed by atoms with Crippen molar-refractivity contribution in [2.24, 2.45) is 11.8 Å². The van der Waals surface area contributed by atoms with Gasteiger partial charge in [0.25, 0.3) is 0 Å². The van der Waals surface area contributed by atoms with Crippen molar-refractivity contribution in [2.45, 2.75) is 77.5 Å². The Balaban J connectivity index is 1.34. The van der Waals surface area contributed by atoms with Crippen LogP contribution in [0.4, 0.5) is 4.79 Å². The fourth-order valence-electron chi connectivity index (χ4n) is 6.61. The van der Waals surface area contributed by atoms with Crippen molar-refractivity contribution in [3.8, 4) is 0 Å². The van der Waals surface area contributed by atoms with Gasteiger partial charge in [-0.2, -0.15) is 0 Å². The molecule has 3 amide bonds. The predicted octanol–water partition coefficient (Wildman–Crippen LogP) is 5.12. The number of pyridine rings is 1. The van der Waals surface area contributed by atoms with E-state index in [1.54, 1.807) is 17.3 Å². The Hall–Kier alpha value is -3.75. The molecule has 228 valence electrons. The minimum Gasteiger partial charge on any atom is -0.391 e. The zero-order valence-corrected chi connectivity index (χ0v) is 25.6. The van der Waals surface area contributed by atoms with Gasteiger partial charge in [0.05, 0.1) is 18.2 Å². The Morgan fingerprint density at radius 1 is 1.05 bits per heavy atom. The van der Waals surface area contributed by atoms with Crippen LogP contribution in [0.25, 0.3) is 0 Å². The largest absolute Gasteiger partial charge is 0.391 e. The molecular formula is C35H44N4O4. The highest BCUT2D eigenvalue weighted by atomic mass is 16.5. The Kier molecular flexibility index (Phi) is 9.47. The van der Waals surface area contributed by atoms with E-state index in [-0.39, 0.29) is 43.0 Å². The number of aromatic nitrogens is 1. The van der Waals surface area contributed by atoms with E-state index in [1.807, 2.05) is 87.2 Å². The predicted molar refractivity (Wildman–Crippen MR) is 166 cm³/mol. The van der Waals surface area contributed by atoms with Crippen molar-refractivity contribution in [1.29, 1.82) is 0 Å². The molecule has 0 radical (unpaired) electrons. The van der Waals surface area contributed by atoms with E-state index < -0.39 is 17.7 Å². The van der Waals surface area contributed by atoms with Gasteiger partial charge in [0.15, 0.2) is 0 Å². The van der Waals surface area contributed by atoms with Crippen LogP contribution >= 0.6 is 0 Å². The topological polar surface area (TPSA) is 95.0 Å². The van der Waals surface area contributed by atoms with Gasteiger partial charge in [-0.1, -0.05) is 74.5 Å². The molecule has 1 aliphatic heterocycles. The van der Waals surface area contributed by atoms with Crippen LogP contribution in [0, 0.1) is 11.8 Å². The van der Waals surface area contributed by atoms with E-state index in [1.165, 1.54) is 5.56 Å². The molecular weight excluding hydrogens is 540 g/mol. The second-order valence-corrected chi connectivity index (χ2v) is 12.8. The normalized spacial score (nSPS) is 19.9. The summed E-state index contributed by atoms with van der Waals surface area (Å²) in [5, 5.41) is 14.4. The third kappa shape index (κ3) is 7.25. The van der Waals surface area contributed by atoms with Crippen molar-refractivity contribution in [1.82, 2.24) is 20.1 Å². The van der Waals surface area contributed by atoms with Gasteiger partial charge in [0, 0.05) is 44.4 Å². The lowest BCUT2D eigenvalue weighted by atomic mass is 9.90. The average molecular weight is 585 g/mol. The molecule has 0 bridgehead atoms. The van der Waals surface area contributed by atoms with Gasteiger partial charge in [-0.05, 0) is 60.9 Å². The van der Waals surface area contributed by atoms with Gasteiger partial charge in [-0.25, -0.2) is 4.79 Å².